The van der Waals surface area contributed by atoms with Crippen molar-refractivity contribution in [3.8, 4) is 17.2 Å². The number of ether oxygens (including phenoxy) is 3. The molecule has 0 aliphatic carbocycles. The minimum Gasteiger partial charge on any atom is -0.545 e. The van der Waals surface area contributed by atoms with Gasteiger partial charge in [-0.25, -0.2) is 0 Å². The van der Waals surface area contributed by atoms with Gasteiger partial charge < -0.3 is 24.1 Å². The molecule has 0 fully saturated rings. The second-order valence-corrected chi connectivity index (χ2v) is 4.80. The van der Waals surface area contributed by atoms with E-state index in [1.807, 2.05) is 37.3 Å². The molecule has 5 heteroatoms. The molecule has 0 N–H and O–H groups in total. The molecule has 2 rings (SSSR count). The first kappa shape index (κ1) is 17.4. The second-order valence-electron chi connectivity index (χ2n) is 4.80. The van der Waals surface area contributed by atoms with Gasteiger partial charge >= 0.3 is 0 Å². The molecule has 0 saturated carbocycles. The summed E-state index contributed by atoms with van der Waals surface area (Å²) in [5.41, 5.74) is 0.690. The van der Waals surface area contributed by atoms with Crippen LogP contribution in [0.15, 0.2) is 54.6 Å². The van der Waals surface area contributed by atoms with Gasteiger partial charge in [0.25, 0.3) is 0 Å². The van der Waals surface area contributed by atoms with Crippen molar-refractivity contribution in [2.24, 2.45) is 0 Å². The zero-order valence-corrected chi connectivity index (χ0v) is 13.4. The van der Waals surface area contributed by atoms with E-state index >= 15 is 0 Å². The molecule has 0 spiro atoms. The first-order valence-corrected chi connectivity index (χ1v) is 7.65. The standard InChI is InChI=1S/C19H20O5/c1-2-22-18-14-15(9-11-19(20)21)8-10-17(18)24-13-12-23-16-6-4-3-5-7-16/h3-11,14H,2,12-13H2,1H3,(H,20,21)/p-1/b11-9-. The average Bonchev–Trinajstić information content (AvgIpc) is 2.59. The number of aliphatic carboxylic acids is 1. The number of carboxylic acid groups (broad SMARTS) is 1. The van der Waals surface area contributed by atoms with Crippen molar-refractivity contribution in [3.05, 3.63) is 60.2 Å². The highest BCUT2D eigenvalue weighted by atomic mass is 16.5. The van der Waals surface area contributed by atoms with Crippen molar-refractivity contribution in [1.29, 1.82) is 0 Å². The minimum atomic E-state index is -1.24. The highest BCUT2D eigenvalue weighted by Gasteiger charge is 2.06. The van der Waals surface area contributed by atoms with Crippen LogP contribution in [-0.2, 0) is 4.79 Å². The maximum atomic E-state index is 10.5. The van der Waals surface area contributed by atoms with Gasteiger partial charge in [0.05, 0.1) is 12.6 Å². The number of rotatable bonds is 9. The maximum Gasteiger partial charge on any atom is 0.161 e. The van der Waals surface area contributed by atoms with Crippen molar-refractivity contribution in [2.75, 3.05) is 19.8 Å². The number of carboxylic acids is 1. The van der Waals surface area contributed by atoms with Gasteiger partial charge in [-0.2, -0.15) is 0 Å². The summed E-state index contributed by atoms with van der Waals surface area (Å²) >= 11 is 0. The van der Waals surface area contributed by atoms with Gasteiger partial charge in [0.1, 0.15) is 19.0 Å². The summed E-state index contributed by atoms with van der Waals surface area (Å²) in [6.45, 7) is 3.11. The highest BCUT2D eigenvalue weighted by molar-refractivity contribution is 5.83. The molecule has 2 aromatic carbocycles. The molecule has 0 unspecified atom stereocenters. The molecule has 0 aliphatic heterocycles. The lowest BCUT2D eigenvalue weighted by Crippen LogP contribution is -2.18. The number of carbonyl (C=O) groups is 1. The van der Waals surface area contributed by atoms with Gasteiger partial charge in [-0.1, -0.05) is 30.3 Å². The van der Waals surface area contributed by atoms with E-state index in [2.05, 4.69) is 0 Å². The molecule has 5 nitrogen and oxygen atoms in total. The summed E-state index contributed by atoms with van der Waals surface area (Å²) in [4.78, 5) is 10.5. The Morgan fingerprint density at radius 3 is 2.46 bits per heavy atom. The molecule has 0 heterocycles. The van der Waals surface area contributed by atoms with Crippen LogP contribution in [0.1, 0.15) is 12.5 Å². The number of carbonyl (C=O) groups excluding carboxylic acids is 1. The summed E-state index contributed by atoms with van der Waals surface area (Å²) < 4.78 is 16.8. The molecule has 0 atom stereocenters. The zero-order chi connectivity index (χ0) is 17.2. The van der Waals surface area contributed by atoms with Gasteiger partial charge in [0.2, 0.25) is 0 Å². The third-order valence-electron chi connectivity index (χ3n) is 3.03. The topological polar surface area (TPSA) is 67.8 Å². The fourth-order valence-corrected chi connectivity index (χ4v) is 2.01. The Morgan fingerprint density at radius 2 is 1.75 bits per heavy atom. The summed E-state index contributed by atoms with van der Waals surface area (Å²) in [5.74, 6) is 0.678. The molecule has 0 saturated heterocycles. The lowest BCUT2D eigenvalue weighted by Gasteiger charge is -2.13. The molecule has 0 radical (unpaired) electrons. The third kappa shape index (κ3) is 5.68. The Morgan fingerprint density at radius 1 is 1.00 bits per heavy atom. The Bertz CT molecular complexity index is 679. The van der Waals surface area contributed by atoms with Gasteiger partial charge in [0, 0.05) is 0 Å². The lowest BCUT2D eigenvalue weighted by atomic mass is 10.2. The maximum absolute atomic E-state index is 10.5. The molecule has 0 amide bonds. The first-order valence-electron chi connectivity index (χ1n) is 7.65. The molecule has 0 aliphatic rings. The normalized spacial score (nSPS) is 10.5. The van der Waals surface area contributed by atoms with Crippen molar-refractivity contribution >= 4 is 12.0 Å². The summed E-state index contributed by atoms with van der Waals surface area (Å²) in [7, 11) is 0. The fourth-order valence-electron chi connectivity index (χ4n) is 2.01. The summed E-state index contributed by atoms with van der Waals surface area (Å²) in [6, 6.07) is 14.7. The van der Waals surface area contributed by atoms with Crippen LogP contribution in [-0.4, -0.2) is 25.8 Å². The van der Waals surface area contributed by atoms with Gasteiger partial charge in [0.15, 0.2) is 11.5 Å². The third-order valence-corrected chi connectivity index (χ3v) is 3.03. The van der Waals surface area contributed by atoms with Gasteiger partial charge in [-0.3, -0.25) is 0 Å². The van der Waals surface area contributed by atoms with Crippen LogP contribution in [0.2, 0.25) is 0 Å². The number of para-hydroxylation sites is 1. The van der Waals surface area contributed by atoms with Gasteiger partial charge in [-0.05, 0) is 42.8 Å². The van der Waals surface area contributed by atoms with Crippen LogP contribution in [0, 0.1) is 0 Å². The smallest absolute Gasteiger partial charge is 0.161 e. The average molecular weight is 327 g/mol. The SMILES string of the molecule is CCOc1cc(/C=C\C(=O)[O-])ccc1OCCOc1ccccc1. The quantitative estimate of drug-likeness (QED) is 0.522. The van der Waals surface area contributed by atoms with Crippen molar-refractivity contribution < 1.29 is 24.1 Å². The first-order chi connectivity index (χ1) is 11.7. The minimum absolute atomic E-state index is 0.364. The van der Waals surface area contributed by atoms with Crippen LogP contribution in [0.25, 0.3) is 6.08 Å². The largest absolute Gasteiger partial charge is 0.545 e. The molecule has 24 heavy (non-hydrogen) atoms. The molecular formula is C19H19O5-. The van der Waals surface area contributed by atoms with Gasteiger partial charge in [-0.15, -0.1) is 0 Å². The molecular weight excluding hydrogens is 308 g/mol. The lowest BCUT2D eigenvalue weighted by molar-refractivity contribution is -0.297. The summed E-state index contributed by atoms with van der Waals surface area (Å²) in [5, 5.41) is 10.5. The van der Waals surface area contributed by atoms with Crippen LogP contribution in [0.4, 0.5) is 0 Å². The fraction of sp³-hybridized carbons (Fsp3) is 0.211. The van der Waals surface area contributed by atoms with E-state index in [9.17, 15) is 9.90 Å². The molecule has 0 aromatic heterocycles. The second kappa shape index (κ2) is 9.25. The van der Waals surface area contributed by atoms with E-state index in [0.29, 0.717) is 36.9 Å². The monoisotopic (exact) mass is 327 g/mol. The Hall–Kier alpha value is -2.95. The van der Waals surface area contributed by atoms with Crippen molar-refractivity contribution in [1.82, 2.24) is 0 Å². The van der Waals surface area contributed by atoms with Crippen LogP contribution < -0.4 is 19.3 Å². The Kier molecular flexibility index (Phi) is 6.71. The van der Waals surface area contributed by atoms with E-state index in [0.717, 1.165) is 11.8 Å². The van der Waals surface area contributed by atoms with Crippen LogP contribution in [0.3, 0.4) is 0 Å². The number of hydrogen-bond acceptors (Lipinski definition) is 5. The van der Waals surface area contributed by atoms with E-state index in [1.54, 1.807) is 18.2 Å². The number of benzene rings is 2. The Balaban J connectivity index is 1.94. The molecule has 0 bridgehead atoms. The molecule has 126 valence electrons. The zero-order valence-electron chi connectivity index (χ0n) is 13.4. The van der Waals surface area contributed by atoms with E-state index in [1.165, 1.54) is 6.08 Å². The van der Waals surface area contributed by atoms with Crippen molar-refractivity contribution in [2.45, 2.75) is 6.92 Å². The van der Waals surface area contributed by atoms with Crippen LogP contribution in [0.5, 0.6) is 17.2 Å². The van der Waals surface area contributed by atoms with E-state index in [4.69, 9.17) is 14.2 Å². The molecule has 2 aromatic rings. The van der Waals surface area contributed by atoms with Crippen LogP contribution >= 0.6 is 0 Å². The summed E-state index contributed by atoms with van der Waals surface area (Å²) in [6.07, 6.45) is 2.42. The van der Waals surface area contributed by atoms with Crippen molar-refractivity contribution in [3.63, 3.8) is 0 Å². The van der Waals surface area contributed by atoms with E-state index < -0.39 is 5.97 Å². The van der Waals surface area contributed by atoms with E-state index in [-0.39, 0.29) is 0 Å². The Labute approximate surface area is 141 Å². The predicted octanol–water partition coefficient (Wildman–Crippen LogP) is 2.31. The number of hydrogen-bond donors (Lipinski definition) is 0. The highest BCUT2D eigenvalue weighted by Crippen LogP contribution is 2.29. The predicted molar refractivity (Wildman–Crippen MR) is 89.1 cm³/mol.